The quantitative estimate of drug-likeness (QED) is 0.656. The Morgan fingerprint density at radius 3 is 2.07 bits per heavy atom. The summed E-state index contributed by atoms with van der Waals surface area (Å²) in [5, 5.41) is 0. The molecule has 0 rings (SSSR count). The molecule has 0 aromatic heterocycles. The highest BCUT2D eigenvalue weighted by molar-refractivity contribution is 5.72. The molecule has 0 aromatic rings. The van der Waals surface area contributed by atoms with Crippen molar-refractivity contribution in [2.45, 2.75) is 40.2 Å². The Hall–Kier alpha value is -0.570. The molecule has 0 saturated heterocycles. The molecule has 0 aromatic carbocycles. The van der Waals surface area contributed by atoms with Crippen molar-refractivity contribution in [3.8, 4) is 0 Å². The molecule has 0 aliphatic carbocycles. The molecular formula is C11H22O3. The summed E-state index contributed by atoms with van der Waals surface area (Å²) in [6.07, 6.45) is 0.677. The first kappa shape index (κ1) is 13.4. The minimum atomic E-state index is -0.186. The summed E-state index contributed by atoms with van der Waals surface area (Å²) in [7, 11) is 3.03. The first-order chi connectivity index (χ1) is 6.31. The van der Waals surface area contributed by atoms with Gasteiger partial charge in [0.1, 0.15) is 0 Å². The molecule has 2 atom stereocenters. The minimum Gasteiger partial charge on any atom is -0.469 e. The van der Waals surface area contributed by atoms with E-state index in [1.807, 2.05) is 6.92 Å². The third-order valence-electron chi connectivity index (χ3n) is 2.27. The van der Waals surface area contributed by atoms with Gasteiger partial charge >= 0.3 is 5.97 Å². The predicted molar refractivity (Wildman–Crippen MR) is 56.0 cm³/mol. The molecule has 0 spiro atoms. The largest absolute Gasteiger partial charge is 0.469 e. The normalized spacial score (nSPS) is 16.1. The maximum atomic E-state index is 11.5. The molecule has 0 bridgehead atoms. The van der Waals surface area contributed by atoms with E-state index >= 15 is 0 Å². The lowest BCUT2D eigenvalue weighted by molar-refractivity contribution is -0.151. The number of methoxy groups -OCH3 is 2. The first-order valence-corrected chi connectivity index (χ1v) is 4.92. The molecule has 0 amide bonds. The molecule has 0 aliphatic heterocycles. The van der Waals surface area contributed by atoms with Crippen LogP contribution in [0.15, 0.2) is 0 Å². The molecular weight excluding hydrogens is 180 g/mol. The Bertz CT molecular complexity index is 181. The van der Waals surface area contributed by atoms with Crippen LogP contribution in [-0.4, -0.2) is 26.3 Å². The van der Waals surface area contributed by atoms with Crippen molar-refractivity contribution in [3.63, 3.8) is 0 Å². The SMILES string of the molecule is COC(=O)[C@H](CC(C)(C)C)[C@H](C)OC. The van der Waals surface area contributed by atoms with E-state index in [-0.39, 0.29) is 23.4 Å². The number of carbonyl (C=O) groups is 1. The van der Waals surface area contributed by atoms with Gasteiger partial charge in [-0.3, -0.25) is 4.79 Å². The number of hydrogen-bond acceptors (Lipinski definition) is 3. The van der Waals surface area contributed by atoms with Gasteiger partial charge in [-0.25, -0.2) is 0 Å². The fourth-order valence-corrected chi connectivity index (χ4v) is 1.42. The monoisotopic (exact) mass is 202 g/mol. The van der Waals surface area contributed by atoms with Crippen molar-refractivity contribution in [3.05, 3.63) is 0 Å². The van der Waals surface area contributed by atoms with Crippen molar-refractivity contribution >= 4 is 5.97 Å². The molecule has 0 saturated carbocycles. The van der Waals surface area contributed by atoms with Gasteiger partial charge in [0.2, 0.25) is 0 Å². The zero-order valence-corrected chi connectivity index (χ0v) is 10.1. The van der Waals surface area contributed by atoms with Gasteiger partial charge in [0.15, 0.2) is 0 Å². The molecule has 0 unspecified atom stereocenters. The molecule has 0 heterocycles. The molecule has 0 radical (unpaired) electrons. The van der Waals surface area contributed by atoms with Crippen LogP contribution in [0.2, 0.25) is 0 Å². The summed E-state index contributed by atoms with van der Waals surface area (Å²) in [5.74, 6) is -0.362. The number of carbonyl (C=O) groups excluding carboxylic acids is 1. The lowest BCUT2D eigenvalue weighted by Crippen LogP contribution is -2.32. The smallest absolute Gasteiger partial charge is 0.311 e. The van der Waals surface area contributed by atoms with Gasteiger partial charge in [-0.1, -0.05) is 20.8 Å². The summed E-state index contributed by atoms with van der Waals surface area (Å²) in [5.41, 5.74) is 0.103. The lowest BCUT2D eigenvalue weighted by atomic mass is 9.82. The van der Waals surface area contributed by atoms with Gasteiger partial charge in [-0.15, -0.1) is 0 Å². The summed E-state index contributed by atoms with van der Waals surface area (Å²) >= 11 is 0. The van der Waals surface area contributed by atoms with Crippen LogP contribution in [0.1, 0.15) is 34.1 Å². The van der Waals surface area contributed by atoms with Crippen LogP contribution in [0, 0.1) is 11.3 Å². The van der Waals surface area contributed by atoms with Crippen molar-refractivity contribution in [2.75, 3.05) is 14.2 Å². The molecule has 3 nitrogen and oxygen atoms in total. The maximum Gasteiger partial charge on any atom is 0.311 e. The number of rotatable bonds is 4. The van der Waals surface area contributed by atoms with Crippen molar-refractivity contribution in [1.82, 2.24) is 0 Å². The van der Waals surface area contributed by atoms with E-state index in [9.17, 15) is 4.79 Å². The predicted octanol–water partition coefficient (Wildman–Crippen LogP) is 2.25. The average molecular weight is 202 g/mol. The van der Waals surface area contributed by atoms with Crippen molar-refractivity contribution < 1.29 is 14.3 Å². The number of hydrogen-bond donors (Lipinski definition) is 0. The summed E-state index contributed by atoms with van der Waals surface area (Å²) in [6.45, 7) is 8.20. The number of esters is 1. The average Bonchev–Trinajstić information content (AvgIpc) is 2.10. The lowest BCUT2D eigenvalue weighted by Gasteiger charge is -2.27. The highest BCUT2D eigenvalue weighted by Crippen LogP contribution is 2.28. The Kier molecular flexibility index (Phi) is 5.13. The highest BCUT2D eigenvalue weighted by Gasteiger charge is 2.30. The van der Waals surface area contributed by atoms with Crippen LogP contribution in [0.25, 0.3) is 0 Å². The van der Waals surface area contributed by atoms with E-state index in [1.54, 1.807) is 7.11 Å². The van der Waals surface area contributed by atoms with E-state index in [2.05, 4.69) is 20.8 Å². The van der Waals surface area contributed by atoms with Crippen LogP contribution in [0.4, 0.5) is 0 Å². The highest BCUT2D eigenvalue weighted by atomic mass is 16.5. The Labute approximate surface area is 86.8 Å². The van der Waals surface area contributed by atoms with E-state index in [0.717, 1.165) is 6.42 Å². The van der Waals surface area contributed by atoms with Gasteiger partial charge in [0, 0.05) is 7.11 Å². The van der Waals surface area contributed by atoms with Crippen LogP contribution >= 0.6 is 0 Å². The van der Waals surface area contributed by atoms with Crippen LogP contribution in [0.5, 0.6) is 0 Å². The Balaban J connectivity index is 4.48. The second-order valence-corrected chi connectivity index (χ2v) is 4.84. The van der Waals surface area contributed by atoms with Crippen LogP contribution < -0.4 is 0 Å². The molecule has 3 heteroatoms. The van der Waals surface area contributed by atoms with E-state index in [0.29, 0.717) is 0 Å². The van der Waals surface area contributed by atoms with Crippen molar-refractivity contribution in [1.29, 1.82) is 0 Å². The number of ether oxygens (including phenoxy) is 2. The fraction of sp³-hybridized carbons (Fsp3) is 0.909. The van der Waals surface area contributed by atoms with E-state index < -0.39 is 0 Å². The Morgan fingerprint density at radius 2 is 1.79 bits per heavy atom. The Morgan fingerprint density at radius 1 is 1.29 bits per heavy atom. The van der Waals surface area contributed by atoms with Crippen molar-refractivity contribution in [2.24, 2.45) is 11.3 Å². The zero-order chi connectivity index (χ0) is 11.4. The third kappa shape index (κ3) is 4.61. The maximum absolute atomic E-state index is 11.5. The summed E-state index contributed by atoms with van der Waals surface area (Å²) < 4.78 is 9.94. The van der Waals surface area contributed by atoms with E-state index in [1.165, 1.54) is 7.11 Å². The molecule has 84 valence electrons. The van der Waals surface area contributed by atoms with Gasteiger partial charge in [0.25, 0.3) is 0 Å². The topological polar surface area (TPSA) is 35.5 Å². The summed E-state index contributed by atoms with van der Waals surface area (Å²) in [4.78, 5) is 11.5. The van der Waals surface area contributed by atoms with Gasteiger partial charge in [-0.2, -0.15) is 0 Å². The molecule has 0 N–H and O–H groups in total. The van der Waals surface area contributed by atoms with E-state index in [4.69, 9.17) is 9.47 Å². The second-order valence-electron chi connectivity index (χ2n) is 4.84. The molecule has 0 fully saturated rings. The third-order valence-corrected chi connectivity index (χ3v) is 2.27. The first-order valence-electron chi connectivity index (χ1n) is 4.92. The zero-order valence-electron chi connectivity index (χ0n) is 10.1. The fourth-order valence-electron chi connectivity index (χ4n) is 1.42. The van der Waals surface area contributed by atoms with Gasteiger partial charge < -0.3 is 9.47 Å². The van der Waals surface area contributed by atoms with Gasteiger partial charge in [-0.05, 0) is 18.8 Å². The minimum absolute atomic E-state index is 0.0957. The van der Waals surface area contributed by atoms with Gasteiger partial charge in [0.05, 0.1) is 19.1 Å². The molecule has 0 aliphatic rings. The second kappa shape index (κ2) is 5.35. The van der Waals surface area contributed by atoms with Crippen LogP contribution in [0.3, 0.4) is 0 Å². The standard InChI is InChI=1S/C11H22O3/c1-8(13-5)9(10(12)14-6)7-11(2,3)4/h8-9H,7H2,1-6H3/t8-,9+/m0/s1. The molecule has 14 heavy (non-hydrogen) atoms. The summed E-state index contributed by atoms with van der Waals surface area (Å²) in [6, 6.07) is 0. The van der Waals surface area contributed by atoms with Crippen LogP contribution in [-0.2, 0) is 14.3 Å².